The number of anilines is 1. The molecular formula is C23H40N4O. The number of nitrogens with zero attached hydrogens (tertiary/aromatic N) is 4. The van der Waals surface area contributed by atoms with E-state index in [1.165, 1.54) is 39.0 Å². The van der Waals surface area contributed by atoms with Crippen LogP contribution >= 0.6 is 0 Å². The van der Waals surface area contributed by atoms with E-state index in [9.17, 15) is 4.79 Å². The predicted molar refractivity (Wildman–Crippen MR) is 118 cm³/mol. The van der Waals surface area contributed by atoms with Gasteiger partial charge in [-0.25, -0.2) is 4.98 Å². The normalized spacial score (nSPS) is 19.4. The number of aromatic nitrogens is 1. The summed E-state index contributed by atoms with van der Waals surface area (Å²) in [5, 5.41) is 0. The molecule has 0 unspecified atom stereocenters. The number of piperidine rings is 1. The maximum Gasteiger partial charge on any atom is 0.166 e. The van der Waals surface area contributed by atoms with Gasteiger partial charge in [0.15, 0.2) is 5.78 Å². The fourth-order valence-electron chi connectivity index (χ4n) is 4.06. The summed E-state index contributed by atoms with van der Waals surface area (Å²) >= 11 is 0. The minimum absolute atomic E-state index is 0.0235. The molecule has 5 heteroatoms. The Morgan fingerprint density at radius 3 is 2.18 bits per heavy atom. The van der Waals surface area contributed by atoms with Crippen molar-refractivity contribution in [2.24, 2.45) is 11.8 Å². The Morgan fingerprint density at radius 2 is 1.68 bits per heavy atom. The second kappa shape index (κ2) is 11.5. The highest BCUT2D eigenvalue weighted by Crippen LogP contribution is 2.20. The zero-order chi connectivity index (χ0) is 20.5. The molecule has 28 heavy (non-hydrogen) atoms. The number of likely N-dealkylation sites (tertiary alicyclic amines) is 1. The Kier molecular flexibility index (Phi) is 9.39. The molecule has 2 saturated heterocycles. The molecule has 0 N–H and O–H groups in total. The summed E-state index contributed by atoms with van der Waals surface area (Å²) in [6, 6.07) is 3.93. The molecule has 3 heterocycles. The SMILES string of the molecule is CC.CCN1CCC(CN2CCN(c3ccc(C(=O)C(C)C)cn3)CC2)CC1. The molecule has 0 atom stereocenters. The molecule has 2 aliphatic heterocycles. The Hall–Kier alpha value is -1.46. The highest BCUT2D eigenvalue weighted by atomic mass is 16.1. The summed E-state index contributed by atoms with van der Waals surface area (Å²) in [4.78, 5) is 24.1. The first kappa shape index (κ1) is 22.8. The summed E-state index contributed by atoms with van der Waals surface area (Å²) in [6.07, 6.45) is 4.44. The van der Waals surface area contributed by atoms with Crippen molar-refractivity contribution in [3.05, 3.63) is 23.9 Å². The lowest BCUT2D eigenvalue weighted by Gasteiger charge is -2.39. The highest BCUT2D eigenvalue weighted by Gasteiger charge is 2.24. The van der Waals surface area contributed by atoms with Crippen LogP contribution in [0.1, 0.15) is 57.8 Å². The Morgan fingerprint density at radius 1 is 1.04 bits per heavy atom. The monoisotopic (exact) mass is 388 g/mol. The molecule has 5 nitrogen and oxygen atoms in total. The van der Waals surface area contributed by atoms with Crippen LogP contribution in [0.2, 0.25) is 0 Å². The number of Topliss-reactive ketones (excluding diaryl/α,β-unsaturated/α-hetero) is 1. The second-order valence-electron chi connectivity index (χ2n) is 8.09. The third-order valence-corrected chi connectivity index (χ3v) is 5.92. The second-order valence-corrected chi connectivity index (χ2v) is 8.09. The Bertz CT molecular complexity index is 571. The smallest absolute Gasteiger partial charge is 0.166 e. The van der Waals surface area contributed by atoms with Gasteiger partial charge in [-0.2, -0.15) is 0 Å². The van der Waals surface area contributed by atoms with Crippen molar-refractivity contribution >= 4 is 11.6 Å². The van der Waals surface area contributed by atoms with Gasteiger partial charge in [-0.15, -0.1) is 0 Å². The van der Waals surface area contributed by atoms with Crippen molar-refractivity contribution in [1.82, 2.24) is 14.8 Å². The lowest BCUT2D eigenvalue weighted by molar-refractivity contribution is 0.0939. The number of piperazine rings is 1. The van der Waals surface area contributed by atoms with Gasteiger partial charge in [0.1, 0.15) is 5.82 Å². The lowest BCUT2D eigenvalue weighted by atomic mass is 9.96. The zero-order valence-electron chi connectivity index (χ0n) is 18.7. The van der Waals surface area contributed by atoms with Crippen molar-refractivity contribution < 1.29 is 4.79 Å². The number of carbonyl (C=O) groups is 1. The third-order valence-electron chi connectivity index (χ3n) is 5.92. The lowest BCUT2D eigenvalue weighted by Crippen LogP contribution is -2.49. The van der Waals surface area contributed by atoms with Crippen LogP contribution in [-0.4, -0.2) is 72.9 Å². The van der Waals surface area contributed by atoms with E-state index in [0.29, 0.717) is 0 Å². The minimum Gasteiger partial charge on any atom is -0.354 e. The molecule has 0 saturated carbocycles. The first-order valence-electron chi connectivity index (χ1n) is 11.3. The van der Waals surface area contributed by atoms with Crippen molar-refractivity contribution in [3.63, 3.8) is 0 Å². The Balaban J connectivity index is 0.00000136. The molecule has 158 valence electrons. The Labute approximate surface area is 172 Å². The summed E-state index contributed by atoms with van der Waals surface area (Å²) in [5.41, 5.74) is 0.723. The summed E-state index contributed by atoms with van der Waals surface area (Å²) in [7, 11) is 0. The van der Waals surface area contributed by atoms with Gasteiger partial charge >= 0.3 is 0 Å². The largest absolute Gasteiger partial charge is 0.354 e. The molecular weight excluding hydrogens is 348 g/mol. The fraction of sp³-hybridized carbons (Fsp3) is 0.739. The van der Waals surface area contributed by atoms with Crippen molar-refractivity contribution in [2.45, 2.75) is 47.5 Å². The van der Waals surface area contributed by atoms with E-state index in [-0.39, 0.29) is 11.7 Å². The van der Waals surface area contributed by atoms with E-state index >= 15 is 0 Å². The number of hydrogen-bond donors (Lipinski definition) is 0. The predicted octanol–water partition coefficient (Wildman–Crippen LogP) is 3.80. The highest BCUT2D eigenvalue weighted by molar-refractivity contribution is 5.97. The van der Waals surface area contributed by atoms with Crippen LogP contribution in [0.15, 0.2) is 18.3 Å². The van der Waals surface area contributed by atoms with Crippen LogP contribution in [0.25, 0.3) is 0 Å². The fourth-order valence-corrected chi connectivity index (χ4v) is 4.06. The average Bonchev–Trinajstić information content (AvgIpc) is 2.76. The van der Waals surface area contributed by atoms with Gasteiger partial charge in [-0.05, 0) is 50.5 Å². The summed E-state index contributed by atoms with van der Waals surface area (Å²) < 4.78 is 0. The van der Waals surface area contributed by atoms with Gasteiger partial charge in [0, 0.05) is 50.4 Å². The summed E-state index contributed by atoms with van der Waals surface area (Å²) in [6.45, 7) is 19.4. The number of ketones is 1. The molecule has 1 aromatic rings. The van der Waals surface area contributed by atoms with Crippen LogP contribution in [0.5, 0.6) is 0 Å². The van der Waals surface area contributed by atoms with Gasteiger partial charge in [0.05, 0.1) is 0 Å². The molecule has 0 bridgehead atoms. The molecule has 0 aromatic carbocycles. The van der Waals surface area contributed by atoms with Crippen molar-refractivity contribution in [1.29, 1.82) is 0 Å². The van der Waals surface area contributed by atoms with E-state index in [1.807, 2.05) is 39.8 Å². The molecule has 0 radical (unpaired) electrons. The average molecular weight is 389 g/mol. The van der Waals surface area contributed by atoms with Gasteiger partial charge in [0.2, 0.25) is 0 Å². The molecule has 3 rings (SSSR count). The standard InChI is InChI=1S/C21H34N4O.C2H6/c1-4-23-9-7-18(8-10-23)16-24-11-13-25(14-12-24)20-6-5-19(15-22-20)21(26)17(2)3;1-2/h5-6,15,17-18H,4,7-14,16H2,1-3H3;1-2H3. The van der Waals surface area contributed by atoms with Gasteiger partial charge in [-0.1, -0.05) is 34.6 Å². The van der Waals surface area contributed by atoms with Crippen LogP contribution in [-0.2, 0) is 0 Å². The number of hydrogen-bond acceptors (Lipinski definition) is 5. The number of rotatable bonds is 6. The maximum absolute atomic E-state index is 12.0. The van der Waals surface area contributed by atoms with E-state index in [1.54, 1.807) is 6.20 Å². The van der Waals surface area contributed by atoms with Gasteiger partial charge in [-0.3, -0.25) is 9.69 Å². The molecule has 1 aromatic heterocycles. The maximum atomic E-state index is 12.0. The van der Waals surface area contributed by atoms with Crippen LogP contribution in [0.4, 0.5) is 5.82 Å². The topological polar surface area (TPSA) is 39.7 Å². The van der Waals surface area contributed by atoms with E-state index < -0.39 is 0 Å². The molecule has 0 amide bonds. The molecule has 2 aliphatic rings. The molecule has 0 spiro atoms. The zero-order valence-corrected chi connectivity index (χ0v) is 18.7. The van der Waals surface area contributed by atoms with Crippen LogP contribution < -0.4 is 4.90 Å². The number of pyridine rings is 1. The van der Waals surface area contributed by atoms with Crippen molar-refractivity contribution in [2.75, 3.05) is 57.3 Å². The molecule has 0 aliphatic carbocycles. The first-order valence-corrected chi connectivity index (χ1v) is 11.3. The molecule has 2 fully saturated rings. The van der Waals surface area contributed by atoms with Crippen molar-refractivity contribution in [3.8, 4) is 0 Å². The first-order chi connectivity index (χ1) is 13.6. The van der Waals surface area contributed by atoms with Crippen LogP contribution in [0.3, 0.4) is 0 Å². The minimum atomic E-state index is 0.0235. The summed E-state index contributed by atoms with van der Waals surface area (Å²) in [5.74, 6) is 2.06. The number of carbonyl (C=O) groups excluding carboxylic acids is 1. The van der Waals surface area contributed by atoms with Crippen LogP contribution in [0, 0.1) is 11.8 Å². The van der Waals surface area contributed by atoms with E-state index in [0.717, 1.165) is 43.5 Å². The van der Waals surface area contributed by atoms with Gasteiger partial charge in [0.25, 0.3) is 0 Å². The van der Waals surface area contributed by atoms with E-state index in [2.05, 4.69) is 26.6 Å². The quantitative estimate of drug-likeness (QED) is 0.693. The van der Waals surface area contributed by atoms with Gasteiger partial charge < -0.3 is 9.80 Å². The third kappa shape index (κ3) is 6.28. The van der Waals surface area contributed by atoms with E-state index in [4.69, 9.17) is 0 Å².